The van der Waals surface area contributed by atoms with Gasteiger partial charge in [-0.1, -0.05) is 73.8 Å². The molecule has 0 aromatic heterocycles. The van der Waals surface area contributed by atoms with Crippen LogP contribution < -0.4 is 4.74 Å². The van der Waals surface area contributed by atoms with Gasteiger partial charge >= 0.3 is 11.9 Å². The van der Waals surface area contributed by atoms with E-state index in [1.54, 1.807) is 0 Å². The number of unbranched alkanes of at least 4 members (excludes halogenated alkanes) is 6. The molecule has 0 bridgehead atoms. The normalized spacial score (nSPS) is 10.7. The third-order valence-corrected chi connectivity index (χ3v) is 5.08. The second-order valence-electron chi connectivity index (χ2n) is 6.34. The quantitative estimate of drug-likeness (QED) is 0.144. The first kappa shape index (κ1) is 24.1. The number of rotatable bonds is 13. The zero-order valence-electron chi connectivity index (χ0n) is 15.7. The van der Waals surface area contributed by atoms with Crippen molar-refractivity contribution >= 4 is 46.7 Å². The van der Waals surface area contributed by atoms with Crippen molar-refractivity contribution in [2.24, 2.45) is 0 Å². The molecule has 0 aliphatic carbocycles. The second kappa shape index (κ2) is 14.1. The smallest absolute Gasteiger partial charge is 0.311 e. The number of hydrogen-bond acceptors (Lipinski definition) is 4. The van der Waals surface area contributed by atoms with E-state index in [4.69, 9.17) is 44.3 Å². The van der Waals surface area contributed by atoms with Crippen LogP contribution in [0.3, 0.4) is 0 Å². The van der Waals surface area contributed by atoms with Crippen molar-refractivity contribution in [2.75, 3.05) is 6.61 Å². The van der Waals surface area contributed by atoms with Crippen molar-refractivity contribution in [1.29, 1.82) is 0 Å². The lowest BCUT2D eigenvalue weighted by atomic mass is 10.1. The molecule has 1 rings (SSSR count). The standard InChI is InChI=1S/C20H27Cl3O4/c1-2-3-4-5-6-9-14-26-17(24)10-7-8-11-18(25)27-20-16(22)13-12-15(21)19(20)23/h12-13H,2-11,14H2,1H3. The Labute approximate surface area is 176 Å². The van der Waals surface area contributed by atoms with E-state index in [-0.39, 0.29) is 33.2 Å². The maximum atomic E-state index is 11.9. The number of benzene rings is 1. The molecule has 0 spiro atoms. The van der Waals surface area contributed by atoms with Crippen LogP contribution in [0.5, 0.6) is 5.75 Å². The van der Waals surface area contributed by atoms with Gasteiger partial charge in [-0.2, -0.15) is 0 Å². The van der Waals surface area contributed by atoms with Crippen LogP contribution in [0.2, 0.25) is 15.1 Å². The molecule has 0 aliphatic heterocycles. The van der Waals surface area contributed by atoms with Crippen LogP contribution in [0.25, 0.3) is 0 Å². The average Bonchev–Trinajstić information content (AvgIpc) is 2.65. The lowest BCUT2D eigenvalue weighted by molar-refractivity contribution is -0.144. The van der Waals surface area contributed by atoms with Crippen molar-refractivity contribution in [3.63, 3.8) is 0 Å². The van der Waals surface area contributed by atoms with Crippen LogP contribution >= 0.6 is 34.8 Å². The number of carbonyl (C=O) groups excluding carboxylic acids is 2. The highest BCUT2D eigenvalue weighted by Gasteiger charge is 2.15. The molecule has 0 heterocycles. The Morgan fingerprint density at radius 2 is 1.41 bits per heavy atom. The van der Waals surface area contributed by atoms with Crippen molar-refractivity contribution in [3.05, 3.63) is 27.2 Å². The molecule has 27 heavy (non-hydrogen) atoms. The van der Waals surface area contributed by atoms with Gasteiger partial charge in [-0.3, -0.25) is 9.59 Å². The van der Waals surface area contributed by atoms with Gasteiger partial charge < -0.3 is 9.47 Å². The highest BCUT2D eigenvalue weighted by molar-refractivity contribution is 6.44. The molecule has 4 nitrogen and oxygen atoms in total. The third kappa shape index (κ3) is 10.2. The highest BCUT2D eigenvalue weighted by Crippen LogP contribution is 2.38. The van der Waals surface area contributed by atoms with Crippen molar-refractivity contribution in [2.45, 2.75) is 71.1 Å². The summed E-state index contributed by atoms with van der Waals surface area (Å²) in [6, 6.07) is 3.04. The Balaban J connectivity index is 2.13. The van der Waals surface area contributed by atoms with Gasteiger partial charge in [0.05, 0.1) is 16.7 Å². The Bertz CT molecular complexity index is 605. The summed E-state index contributed by atoms with van der Waals surface area (Å²) >= 11 is 17.8. The van der Waals surface area contributed by atoms with Crippen LogP contribution in [0.15, 0.2) is 12.1 Å². The average molecular weight is 438 g/mol. The fourth-order valence-corrected chi connectivity index (χ4v) is 3.04. The van der Waals surface area contributed by atoms with E-state index >= 15 is 0 Å². The summed E-state index contributed by atoms with van der Waals surface area (Å²) in [6.45, 7) is 2.65. The van der Waals surface area contributed by atoms with E-state index in [0.29, 0.717) is 25.9 Å². The number of halogens is 3. The first-order valence-corrected chi connectivity index (χ1v) is 10.6. The molecule has 0 radical (unpaired) electrons. The summed E-state index contributed by atoms with van der Waals surface area (Å²) in [5.74, 6) is -0.631. The zero-order valence-corrected chi connectivity index (χ0v) is 18.0. The first-order valence-electron chi connectivity index (χ1n) is 9.45. The molecule has 7 heteroatoms. The summed E-state index contributed by atoms with van der Waals surface area (Å²) < 4.78 is 10.4. The molecule has 0 saturated heterocycles. The van der Waals surface area contributed by atoms with Crippen LogP contribution in [0.4, 0.5) is 0 Å². The van der Waals surface area contributed by atoms with Crippen molar-refractivity contribution < 1.29 is 19.1 Å². The molecule has 1 aromatic carbocycles. The molecule has 0 atom stereocenters. The van der Waals surface area contributed by atoms with Crippen LogP contribution in [0.1, 0.15) is 71.1 Å². The van der Waals surface area contributed by atoms with Gasteiger partial charge in [0.2, 0.25) is 0 Å². The van der Waals surface area contributed by atoms with Gasteiger partial charge in [0, 0.05) is 12.8 Å². The molecule has 0 aliphatic rings. The summed E-state index contributed by atoms with van der Waals surface area (Å²) in [5, 5.41) is 0.587. The zero-order chi connectivity index (χ0) is 20.1. The highest BCUT2D eigenvalue weighted by atomic mass is 35.5. The molecule has 0 fully saturated rings. The van der Waals surface area contributed by atoms with E-state index in [1.165, 1.54) is 37.8 Å². The maximum absolute atomic E-state index is 11.9. The minimum Gasteiger partial charge on any atom is -0.466 e. The molecule has 0 N–H and O–H groups in total. The number of hydrogen-bond donors (Lipinski definition) is 0. The van der Waals surface area contributed by atoms with E-state index in [1.807, 2.05) is 0 Å². The van der Waals surface area contributed by atoms with E-state index < -0.39 is 5.97 Å². The lowest BCUT2D eigenvalue weighted by Gasteiger charge is -2.09. The van der Waals surface area contributed by atoms with Gasteiger partial charge in [0.25, 0.3) is 0 Å². The Morgan fingerprint density at radius 3 is 2.11 bits per heavy atom. The van der Waals surface area contributed by atoms with E-state index in [0.717, 1.165) is 12.8 Å². The predicted octanol–water partition coefficient (Wildman–Crippen LogP) is 7.02. The molecule has 0 unspecified atom stereocenters. The van der Waals surface area contributed by atoms with E-state index in [2.05, 4.69) is 6.92 Å². The molecular weight excluding hydrogens is 411 g/mol. The van der Waals surface area contributed by atoms with Crippen molar-refractivity contribution in [3.8, 4) is 5.75 Å². The first-order chi connectivity index (χ1) is 13.0. The third-order valence-electron chi connectivity index (χ3n) is 3.99. The maximum Gasteiger partial charge on any atom is 0.311 e. The summed E-state index contributed by atoms with van der Waals surface area (Å²) in [6.07, 6.45) is 8.44. The van der Waals surface area contributed by atoms with Gasteiger partial charge in [-0.15, -0.1) is 0 Å². The fourth-order valence-electron chi connectivity index (χ4n) is 2.45. The lowest BCUT2D eigenvalue weighted by Crippen LogP contribution is -2.09. The second-order valence-corrected chi connectivity index (χ2v) is 7.53. The minimum absolute atomic E-state index is 0.0641. The van der Waals surface area contributed by atoms with Crippen LogP contribution in [-0.2, 0) is 14.3 Å². The van der Waals surface area contributed by atoms with Gasteiger partial charge in [0.15, 0.2) is 5.75 Å². The monoisotopic (exact) mass is 436 g/mol. The number of esters is 2. The Hall–Kier alpha value is -0.970. The van der Waals surface area contributed by atoms with Crippen LogP contribution in [-0.4, -0.2) is 18.5 Å². The topological polar surface area (TPSA) is 52.6 Å². The van der Waals surface area contributed by atoms with Gasteiger partial charge in [-0.05, 0) is 31.4 Å². The molecule has 0 amide bonds. The minimum atomic E-state index is -0.471. The van der Waals surface area contributed by atoms with Gasteiger partial charge in [0.1, 0.15) is 5.02 Å². The summed E-state index contributed by atoms with van der Waals surface area (Å²) in [7, 11) is 0. The summed E-state index contributed by atoms with van der Waals surface area (Å²) in [5.41, 5.74) is 0. The Kier molecular flexibility index (Phi) is 12.6. The number of carbonyl (C=O) groups is 2. The van der Waals surface area contributed by atoms with Gasteiger partial charge in [-0.25, -0.2) is 0 Å². The number of ether oxygens (including phenoxy) is 2. The fraction of sp³-hybridized carbons (Fsp3) is 0.600. The molecule has 0 saturated carbocycles. The largest absolute Gasteiger partial charge is 0.466 e. The van der Waals surface area contributed by atoms with E-state index in [9.17, 15) is 9.59 Å². The molecule has 152 valence electrons. The van der Waals surface area contributed by atoms with Crippen LogP contribution in [0, 0.1) is 0 Å². The Morgan fingerprint density at radius 1 is 0.815 bits per heavy atom. The predicted molar refractivity (Wildman–Crippen MR) is 110 cm³/mol. The van der Waals surface area contributed by atoms with Crippen molar-refractivity contribution in [1.82, 2.24) is 0 Å². The molecule has 1 aromatic rings. The molecular formula is C20H27Cl3O4. The summed E-state index contributed by atoms with van der Waals surface area (Å²) in [4.78, 5) is 23.5. The SMILES string of the molecule is CCCCCCCCOC(=O)CCCCC(=O)Oc1c(Cl)ccc(Cl)c1Cl.